The van der Waals surface area contributed by atoms with Gasteiger partial charge in [-0.15, -0.1) is 0 Å². The highest BCUT2D eigenvalue weighted by Crippen LogP contribution is 2.31. The van der Waals surface area contributed by atoms with Gasteiger partial charge in [0.15, 0.2) is 11.6 Å². The molecule has 9 nitrogen and oxygen atoms in total. The molecule has 0 saturated heterocycles. The maximum atomic E-state index is 6.53. The highest BCUT2D eigenvalue weighted by Gasteiger charge is 2.17. The van der Waals surface area contributed by atoms with Gasteiger partial charge in [0.25, 0.3) is 0 Å². The lowest BCUT2D eigenvalue weighted by Gasteiger charge is -2.11. The first-order chi connectivity index (χ1) is 21.2. The molecule has 0 aliphatic carbocycles. The highest BCUT2D eigenvalue weighted by molar-refractivity contribution is 6.28. The second kappa shape index (κ2) is 11.6. The molecule has 7 heterocycles. The lowest BCUT2D eigenvalue weighted by molar-refractivity contribution is 1.06. The van der Waals surface area contributed by atoms with Gasteiger partial charge in [-0.1, -0.05) is 24.3 Å². The normalized spacial score (nSPS) is 10.9. The van der Waals surface area contributed by atoms with Crippen molar-refractivity contribution in [1.29, 1.82) is 0 Å². The molecule has 7 rings (SSSR count). The first-order valence-electron chi connectivity index (χ1n) is 13.3. The minimum Gasteiger partial charge on any atom is -0.255 e. The first kappa shape index (κ1) is 26.1. The van der Waals surface area contributed by atoms with Crippen molar-refractivity contribution in [3.63, 3.8) is 0 Å². The number of rotatable bonds is 6. The topological polar surface area (TPSA) is 116 Å². The Balaban J connectivity index is 1.40. The predicted molar refractivity (Wildman–Crippen MR) is 164 cm³/mol. The summed E-state index contributed by atoms with van der Waals surface area (Å²) in [6.45, 7) is 0. The number of pyridine rings is 6. The lowest BCUT2D eigenvalue weighted by Crippen LogP contribution is -2.01. The van der Waals surface area contributed by atoms with Gasteiger partial charge in [-0.3, -0.25) is 19.9 Å². The van der Waals surface area contributed by atoms with E-state index in [2.05, 4.69) is 29.9 Å². The van der Waals surface area contributed by atoms with Crippen molar-refractivity contribution in [1.82, 2.24) is 44.9 Å². The summed E-state index contributed by atoms with van der Waals surface area (Å²) < 4.78 is 0. The summed E-state index contributed by atoms with van der Waals surface area (Å²) in [6, 6.07) is 30.2. The molecular formula is C33H20ClN9. The number of hydrogen-bond acceptors (Lipinski definition) is 9. The average molecular weight is 578 g/mol. The summed E-state index contributed by atoms with van der Waals surface area (Å²) in [5, 5.41) is 0.0474. The molecule has 7 aromatic heterocycles. The van der Waals surface area contributed by atoms with Gasteiger partial charge in [-0.2, -0.15) is 9.97 Å². The Bertz CT molecular complexity index is 1770. The van der Waals surface area contributed by atoms with Crippen LogP contribution in [0.25, 0.3) is 68.3 Å². The molecule has 0 bridgehead atoms. The smallest absolute Gasteiger partial charge is 0.226 e. The average Bonchev–Trinajstić information content (AvgIpc) is 3.09. The number of aromatic nitrogens is 9. The zero-order chi connectivity index (χ0) is 29.0. The van der Waals surface area contributed by atoms with Crippen molar-refractivity contribution in [2.75, 3.05) is 0 Å². The van der Waals surface area contributed by atoms with Crippen molar-refractivity contribution in [2.45, 2.75) is 0 Å². The Labute approximate surface area is 251 Å². The van der Waals surface area contributed by atoms with E-state index in [1.807, 2.05) is 97.1 Å². The molecule has 0 amide bonds. The molecule has 0 radical (unpaired) electrons. The lowest BCUT2D eigenvalue weighted by atomic mass is 10.1. The fourth-order valence-corrected chi connectivity index (χ4v) is 4.67. The van der Waals surface area contributed by atoms with Crippen LogP contribution in [-0.2, 0) is 0 Å². The predicted octanol–water partition coefficient (Wildman–Crippen LogP) is 6.90. The maximum Gasteiger partial charge on any atom is 0.226 e. The van der Waals surface area contributed by atoms with Gasteiger partial charge in [-0.25, -0.2) is 15.0 Å². The molecule has 0 aliphatic heterocycles. The van der Waals surface area contributed by atoms with Crippen LogP contribution in [0.15, 0.2) is 122 Å². The summed E-state index contributed by atoms with van der Waals surface area (Å²) in [7, 11) is 0. The zero-order valence-electron chi connectivity index (χ0n) is 22.4. The van der Waals surface area contributed by atoms with E-state index in [-0.39, 0.29) is 5.28 Å². The molecule has 0 aromatic carbocycles. The molecular weight excluding hydrogens is 558 g/mol. The van der Waals surface area contributed by atoms with Crippen molar-refractivity contribution in [3.05, 3.63) is 127 Å². The van der Waals surface area contributed by atoms with Gasteiger partial charge in [0, 0.05) is 35.9 Å². The molecule has 43 heavy (non-hydrogen) atoms. The third kappa shape index (κ3) is 5.70. The molecule has 0 unspecified atom stereocenters. The zero-order valence-corrected chi connectivity index (χ0v) is 23.2. The van der Waals surface area contributed by atoms with Gasteiger partial charge >= 0.3 is 0 Å². The summed E-state index contributed by atoms with van der Waals surface area (Å²) >= 11 is 6.53. The third-order valence-corrected chi connectivity index (χ3v) is 6.65. The first-order valence-corrected chi connectivity index (χ1v) is 13.7. The van der Waals surface area contributed by atoms with Crippen molar-refractivity contribution < 1.29 is 0 Å². The Morgan fingerprint density at radius 3 is 0.953 bits per heavy atom. The molecule has 0 N–H and O–H groups in total. The van der Waals surface area contributed by atoms with Crippen LogP contribution in [0.1, 0.15) is 0 Å². The SMILES string of the molecule is Clc1nc(-c2cc(-c3ccccn3)nc(-c3ccccn3)c2)nc(-c2cc(-c3ccccn3)nc(-c3ccccn3)c2)n1. The third-order valence-electron chi connectivity index (χ3n) is 6.48. The summed E-state index contributed by atoms with van der Waals surface area (Å²) in [6.07, 6.45) is 6.90. The quantitative estimate of drug-likeness (QED) is 0.208. The fraction of sp³-hybridized carbons (Fsp3) is 0. The second-order valence-electron chi connectivity index (χ2n) is 9.36. The molecule has 0 saturated carbocycles. The number of halogens is 1. The molecule has 0 aliphatic rings. The van der Waals surface area contributed by atoms with E-state index in [0.717, 1.165) is 0 Å². The van der Waals surface area contributed by atoms with Gasteiger partial charge in [0.05, 0.1) is 45.6 Å². The van der Waals surface area contributed by atoms with Crippen LogP contribution >= 0.6 is 11.6 Å². The van der Waals surface area contributed by atoms with Crippen LogP contribution in [0.2, 0.25) is 5.28 Å². The minimum absolute atomic E-state index is 0.0474. The Morgan fingerprint density at radius 1 is 0.349 bits per heavy atom. The molecule has 7 aromatic rings. The van der Waals surface area contributed by atoms with Crippen molar-refractivity contribution >= 4 is 11.6 Å². The fourth-order valence-electron chi connectivity index (χ4n) is 4.51. The molecule has 204 valence electrons. The summed E-state index contributed by atoms with van der Waals surface area (Å²) in [5.74, 6) is 0.754. The monoisotopic (exact) mass is 577 g/mol. The Kier molecular flexibility index (Phi) is 7.04. The van der Waals surface area contributed by atoms with E-state index in [9.17, 15) is 0 Å². The summed E-state index contributed by atoms with van der Waals surface area (Å²) in [5.41, 5.74) is 6.79. The standard InChI is InChI=1S/C33H20ClN9/c34-33-42-31(21-17-27(23-9-1-5-13-35-23)39-28(18-21)24-10-2-6-14-36-24)41-32(43-33)22-19-29(25-11-3-7-15-37-25)40-30(20-22)26-12-4-8-16-38-26/h1-20H. The number of hydrogen-bond donors (Lipinski definition) is 0. The van der Waals surface area contributed by atoms with Gasteiger partial charge in [0.1, 0.15) is 0 Å². The minimum atomic E-state index is 0.0474. The van der Waals surface area contributed by atoms with Crippen molar-refractivity contribution in [3.8, 4) is 68.3 Å². The van der Waals surface area contributed by atoms with E-state index >= 15 is 0 Å². The molecule has 0 spiro atoms. The number of nitrogens with zero attached hydrogens (tertiary/aromatic N) is 9. The van der Waals surface area contributed by atoms with Crippen LogP contribution < -0.4 is 0 Å². The van der Waals surface area contributed by atoms with Gasteiger partial charge in [-0.05, 0) is 84.4 Å². The van der Waals surface area contributed by atoms with Gasteiger partial charge < -0.3 is 0 Å². The molecule has 10 heteroatoms. The van der Waals surface area contributed by atoms with Crippen LogP contribution in [0.3, 0.4) is 0 Å². The molecule has 0 fully saturated rings. The van der Waals surface area contributed by atoms with E-state index in [4.69, 9.17) is 26.6 Å². The maximum absolute atomic E-state index is 6.53. The molecule has 0 atom stereocenters. The second-order valence-corrected chi connectivity index (χ2v) is 9.70. The largest absolute Gasteiger partial charge is 0.255 e. The van der Waals surface area contributed by atoms with E-state index in [1.54, 1.807) is 24.8 Å². The van der Waals surface area contributed by atoms with E-state index in [0.29, 0.717) is 68.3 Å². The van der Waals surface area contributed by atoms with Crippen LogP contribution in [0.5, 0.6) is 0 Å². The van der Waals surface area contributed by atoms with Crippen molar-refractivity contribution in [2.24, 2.45) is 0 Å². The highest BCUT2D eigenvalue weighted by atomic mass is 35.5. The Hall–Kier alpha value is -5.80. The Morgan fingerprint density at radius 2 is 0.674 bits per heavy atom. The van der Waals surface area contributed by atoms with Gasteiger partial charge in [0.2, 0.25) is 5.28 Å². The van der Waals surface area contributed by atoms with Crippen LogP contribution in [0, 0.1) is 0 Å². The van der Waals surface area contributed by atoms with Crippen LogP contribution in [0.4, 0.5) is 0 Å². The van der Waals surface area contributed by atoms with E-state index < -0.39 is 0 Å². The van der Waals surface area contributed by atoms with Crippen LogP contribution in [-0.4, -0.2) is 44.9 Å². The summed E-state index contributed by atoms with van der Waals surface area (Å²) in [4.78, 5) is 41.5. The van der Waals surface area contributed by atoms with E-state index in [1.165, 1.54) is 0 Å².